The Kier molecular flexibility index (Phi) is 10.8. The van der Waals surface area contributed by atoms with Crippen LogP contribution in [0.1, 0.15) is 72.4 Å². The largest absolute Gasteiger partial charge is 0.481 e. The number of aromatic nitrogens is 2. The zero-order valence-corrected chi connectivity index (χ0v) is 31.1. The third-order valence-electron chi connectivity index (χ3n) is 11.0. The maximum absolute atomic E-state index is 14.5. The van der Waals surface area contributed by atoms with Gasteiger partial charge >= 0.3 is 12.1 Å². The molecule has 10 nitrogen and oxygen atoms in total. The van der Waals surface area contributed by atoms with Crippen molar-refractivity contribution in [1.29, 1.82) is 0 Å². The van der Waals surface area contributed by atoms with Gasteiger partial charge in [-0.15, -0.1) is 0 Å². The topological polar surface area (TPSA) is 140 Å². The van der Waals surface area contributed by atoms with Crippen molar-refractivity contribution in [3.05, 3.63) is 87.4 Å². The maximum atomic E-state index is 14.5. The number of aliphatic carboxylic acids is 1. The highest BCUT2D eigenvalue weighted by atomic mass is 35.5. The number of carbonyl (C=O) groups is 2. The number of alkyl halides is 3. The fourth-order valence-electron chi connectivity index (χ4n) is 7.78. The predicted molar refractivity (Wildman–Crippen MR) is 197 cm³/mol. The molecule has 0 spiro atoms. The number of fused-ring (bicyclic) bond motifs is 1. The Bertz CT molecular complexity index is 2120. The van der Waals surface area contributed by atoms with Crippen molar-refractivity contribution in [3.63, 3.8) is 0 Å². The zero-order valence-electron chi connectivity index (χ0n) is 30.3. The summed E-state index contributed by atoms with van der Waals surface area (Å²) in [6.45, 7) is 1.03. The second-order valence-electron chi connectivity index (χ2n) is 14.6. The van der Waals surface area contributed by atoms with Gasteiger partial charge in [-0.3, -0.25) is 9.59 Å². The van der Waals surface area contributed by atoms with Crippen LogP contribution in [0.4, 0.5) is 13.2 Å². The Labute approximate surface area is 321 Å². The number of aliphatic hydroxyl groups excluding tert-OH is 1. The first-order chi connectivity index (χ1) is 26.3. The van der Waals surface area contributed by atoms with E-state index in [1.807, 2.05) is 48.5 Å². The SMILES string of the molecule is COc1nc(-c2cccc(-c3cccc4c3CC[C@@H]4Oc3nc(OC)c(CCC4(C(=O)O)CC4)cc3C(F)(F)F)c2Cl)ccc1CNC[C@H]1CC(=O)C(O)C1. The molecule has 4 aromatic rings. The molecule has 0 amide bonds. The van der Waals surface area contributed by atoms with Crippen molar-refractivity contribution >= 4 is 23.4 Å². The molecule has 0 radical (unpaired) electrons. The highest BCUT2D eigenvalue weighted by Crippen LogP contribution is 2.51. The number of halogens is 4. The maximum Gasteiger partial charge on any atom is 0.421 e. The van der Waals surface area contributed by atoms with Gasteiger partial charge in [0.05, 0.1) is 30.4 Å². The number of nitrogens with one attached hydrogen (secondary N) is 1. The number of ketones is 1. The lowest BCUT2D eigenvalue weighted by molar-refractivity contribution is -0.143. The van der Waals surface area contributed by atoms with E-state index in [2.05, 4.69) is 10.3 Å². The fraction of sp³-hybridized carbons (Fsp3) is 0.415. The van der Waals surface area contributed by atoms with Crippen LogP contribution in [0, 0.1) is 11.3 Å². The van der Waals surface area contributed by atoms with Crippen LogP contribution in [0.2, 0.25) is 5.02 Å². The number of aryl methyl sites for hydroxylation is 1. The van der Waals surface area contributed by atoms with Gasteiger partial charge in [-0.25, -0.2) is 4.98 Å². The number of rotatable bonds is 14. The predicted octanol–water partition coefficient (Wildman–Crippen LogP) is 7.79. The van der Waals surface area contributed by atoms with E-state index in [9.17, 15) is 33.0 Å². The van der Waals surface area contributed by atoms with Gasteiger partial charge in [0, 0.05) is 35.2 Å². The molecule has 0 aliphatic heterocycles. The third-order valence-corrected chi connectivity index (χ3v) is 11.4. The molecule has 7 rings (SSSR count). The van der Waals surface area contributed by atoms with E-state index in [0.29, 0.717) is 73.8 Å². The summed E-state index contributed by atoms with van der Waals surface area (Å²) in [5.41, 5.74) is 3.47. The number of hydrogen-bond acceptors (Lipinski definition) is 9. The smallest absolute Gasteiger partial charge is 0.421 e. The molecule has 0 bridgehead atoms. The molecule has 3 N–H and O–H groups in total. The van der Waals surface area contributed by atoms with E-state index in [-0.39, 0.29) is 36.0 Å². The number of hydrogen-bond donors (Lipinski definition) is 3. The highest BCUT2D eigenvalue weighted by molar-refractivity contribution is 6.36. The van der Waals surface area contributed by atoms with E-state index in [0.717, 1.165) is 33.9 Å². The van der Waals surface area contributed by atoms with Crippen molar-refractivity contribution in [3.8, 4) is 40.0 Å². The van der Waals surface area contributed by atoms with Crippen LogP contribution >= 0.6 is 11.6 Å². The summed E-state index contributed by atoms with van der Waals surface area (Å²) in [5.74, 6) is -1.21. The van der Waals surface area contributed by atoms with Crippen LogP contribution in [-0.4, -0.2) is 58.8 Å². The van der Waals surface area contributed by atoms with E-state index < -0.39 is 41.2 Å². The Balaban J connectivity index is 1.12. The molecule has 55 heavy (non-hydrogen) atoms. The second kappa shape index (κ2) is 15.4. The molecule has 1 unspecified atom stereocenters. The Morgan fingerprint density at radius 2 is 1.69 bits per heavy atom. The summed E-state index contributed by atoms with van der Waals surface area (Å²) < 4.78 is 60.5. The van der Waals surface area contributed by atoms with Gasteiger partial charge in [0.15, 0.2) is 5.78 Å². The summed E-state index contributed by atoms with van der Waals surface area (Å²) >= 11 is 7.10. The molecule has 3 aliphatic rings. The van der Waals surface area contributed by atoms with Gasteiger partial charge in [-0.05, 0) is 86.2 Å². The van der Waals surface area contributed by atoms with Gasteiger partial charge in [0.1, 0.15) is 17.8 Å². The van der Waals surface area contributed by atoms with Gasteiger partial charge in [0.25, 0.3) is 0 Å². The van der Waals surface area contributed by atoms with E-state index in [4.69, 9.17) is 30.8 Å². The van der Waals surface area contributed by atoms with Gasteiger partial charge in [0.2, 0.25) is 17.6 Å². The molecule has 2 aromatic heterocycles. The first kappa shape index (κ1) is 38.6. The number of pyridine rings is 2. The van der Waals surface area contributed by atoms with Crippen molar-refractivity contribution in [2.45, 2.75) is 76.3 Å². The van der Waals surface area contributed by atoms with Crippen LogP contribution in [0.25, 0.3) is 22.4 Å². The Hall–Kier alpha value is -4.72. The molecule has 2 fully saturated rings. The molecular formula is C41H41ClF3N3O7. The summed E-state index contributed by atoms with van der Waals surface area (Å²) in [6, 6.07) is 15.9. The van der Waals surface area contributed by atoms with E-state index >= 15 is 0 Å². The zero-order chi connectivity index (χ0) is 39.1. The number of ether oxygens (including phenoxy) is 3. The lowest BCUT2D eigenvalue weighted by Gasteiger charge is -2.21. The Morgan fingerprint density at radius 1 is 0.982 bits per heavy atom. The van der Waals surface area contributed by atoms with Crippen molar-refractivity contribution in [1.82, 2.24) is 15.3 Å². The first-order valence-corrected chi connectivity index (χ1v) is 18.6. The summed E-state index contributed by atoms with van der Waals surface area (Å²) in [6.07, 6.45) is -3.43. The number of Topliss-reactive ketones (excluding diaryl/α,β-unsaturated/α-hetero) is 1. The lowest BCUT2D eigenvalue weighted by Crippen LogP contribution is -2.21. The first-order valence-electron chi connectivity index (χ1n) is 18.2. The third kappa shape index (κ3) is 7.87. The standard InChI is InChI=1S/C41H41ClF3N3O7/c1-53-36-23(13-14-40(15-16-40)39(51)52)19-30(41(43,44)45)38(48-36)55-34-12-10-26-25(5-3-6-27(26)34)28-7-4-8-29(35(28)42)31-11-9-24(37(47-31)54-2)21-46-20-22-17-32(49)33(50)18-22/h3-9,11,19,22,32,34,46,49H,10,12-18,20-21H2,1-2H3,(H,51,52)/t22-,32?,34+/m1/s1. The molecule has 2 aromatic carbocycles. The highest BCUT2D eigenvalue weighted by Gasteiger charge is 2.50. The molecular weight excluding hydrogens is 739 g/mol. The van der Waals surface area contributed by atoms with E-state index in [1.165, 1.54) is 14.2 Å². The minimum Gasteiger partial charge on any atom is -0.481 e. The second-order valence-corrected chi connectivity index (χ2v) is 14.9. The average molecular weight is 780 g/mol. The van der Waals surface area contributed by atoms with Crippen LogP contribution < -0.4 is 19.5 Å². The molecule has 2 saturated carbocycles. The normalized spacial score (nSPS) is 20.0. The number of carboxylic acid groups (broad SMARTS) is 1. The number of aliphatic hydroxyl groups is 1. The van der Waals surface area contributed by atoms with Gasteiger partial charge in [-0.1, -0.05) is 54.1 Å². The Morgan fingerprint density at radius 3 is 2.36 bits per heavy atom. The number of benzene rings is 2. The summed E-state index contributed by atoms with van der Waals surface area (Å²) in [5, 5.41) is 23.1. The molecule has 3 atom stereocenters. The molecule has 290 valence electrons. The number of carboxylic acids is 1. The average Bonchev–Trinajstić information content (AvgIpc) is 3.76. The van der Waals surface area contributed by atoms with Crippen molar-refractivity contribution in [2.75, 3.05) is 20.8 Å². The van der Waals surface area contributed by atoms with Crippen LogP contribution in [0.5, 0.6) is 17.6 Å². The molecule has 0 saturated heterocycles. The van der Waals surface area contributed by atoms with Crippen LogP contribution in [0.3, 0.4) is 0 Å². The van der Waals surface area contributed by atoms with E-state index in [1.54, 1.807) is 0 Å². The number of methoxy groups -OCH3 is 2. The number of carbonyl (C=O) groups excluding carboxylic acids is 1. The van der Waals surface area contributed by atoms with Crippen molar-refractivity contribution in [2.24, 2.45) is 11.3 Å². The number of nitrogens with zero attached hydrogens (tertiary/aromatic N) is 2. The lowest BCUT2D eigenvalue weighted by atomic mass is 9.94. The van der Waals surface area contributed by atoms with Gasteiger partial charge < -0.3 is 29.7 Å². The quantitative estimate of drug-likeness (QED) is 0.116. The minimum atomic E-state index is -4.78. The molecule has 2 heterocycles. The van der Waals surface area contributed by atoms with Crippen LogP contribution in [0.15, 0.2) is 54.6 Å². The fourth-order valence-corrected chi connectivity index (χ4v) is 8.10. The monoisotopic (exact) mass is 779 g/mol. The minimum absolute atomic E-state index is 0.0307. The molecule has 3 aliphatic carbocycles. The van der Waals surface area contributed by atoms with Gasteiger partial charge in [-0.2, -0.15) is 18.2 Å². The summed E-state index contributed by atoms with van der Waals surface area (Å²) in [7, 11) is 2.85. The van der Waals surface area contributed by atoms with Crippen LogP contribution in [-0.2, 0) is 35.2 Å². The van der Waals surface area contributed by atoms with Crippen molar-refractivity contribution < 1.29 is 47.2 Å². The molecule has 14 heteroatoms. The summed E-state index contributed by atoms with van der Waals surface area (Å²) in [4.78, 5) is 32.3.